The topological polar surface area (TPSA) is 67.8 Å². The molecule has 0 atom stereocenters. The first-order chi connectivity index (χ1) is 11.6. The van der Waals surface area contributed by atoms with Crippen LogP contribution in [0.2, 0.25) is 0 Å². The third-order valence-corrected chi connectivity index (χ3v) is 3.94. The Kier molecular flexibility index (Phi) is 4.77. The molecule has 0 unspecified atom stereocenters. The zero-order valence-electron chi connectivity index (χ0n) is 12.9. The fourth-order valence-electron chi connectivity index (χ4n) is 2.06. The summed E-state index contributed by atoms with van der Waals surface area (Å²) in [5.41, 5.74) is 0.818. The molecule has 1 N–H and O–H groups in total. The molecule has 0 spiro atoms. The third-order valence-electron chi connectivity index (χ3n) is 3.04. The van der Waals surface area contributed by atoms with Crippen molar-refractivity contribution >= 4 is 34.8 Å². The molecule has 0 saturated carbocycles. The smallest absolute Gasteiger partial charge is 0.286 e. The van der Waals surface area contributed by atoms with E-state index in [1.807, 2.05) is 54.6 Å². The number of rotatable bonds is 3. The predicted octanol–water partition coefficient (Wildman–Crippen LogP) is 3.59. The van der Waals surface area contributed by atoms with Crippen molar-refractivity contribution in [1.29, 1.82) is 0 Å². The van der Waals surface area contributed by atoms with Crippen LogP contribution in [-0.2, 0) is 9.59 Å². The summed E-state index contributed by atoms with van der Waals surface area (Å²) in [5, 5.41) is 2.82. The van der Waals surface area contributed by atoms with Crippen LogP contribution in [-0.4, -0.2) is 17.0 Å². The Hall–Kier alpha value is -2.86. The Bertz CT molecular complexity index is 844. The lowest BCUT2D eigenvalue weighted by Gasteiger charge is -2.06. The maximum Gasteiger partial charge on any atom is 0.286 e. The van der Waals surface area contributed by atoms with Gasteiger partial charge in [-0.15, -0.1) is 0 Å². The van der Waals surface area contributed by atoms with Crippen molar-refractivity contribution in [2.75, 3.05) is 0 Å². The van der Waals surface area contributed by atoms with Gasteiger partial charge in [0, 0.05) is 6.92 Å². The van der Waals surface area contributed by atoms with Gasteiger partial charge in [0.25, 0.3) is 5.91 Å². The summed E-state index contributed by atoms with van der Waals surface area (Å²) in [6.07, 6.45) is 1.73. The molecule has 0 fully saturated rings. The van der Waals surface area contributed by atoms with E-state index < -0.39 is 0 Å². The van der Waals surface area contributed by atoms with Gasteiger partial charge in [0.05, 0.1) is 4.91 Å². The van der Waals surface area contributed by atoms with Gasteiger partial charge in [-0.05, 0) is 47.7 Å². The van der Waals surface area contributed by atoms with Gasteiger partial charge in [0.1, 0.15) is 11.5 Å². The molecule has 5 nitrogen and oxygen atoms in total. The minimum atomic E-state index is -0.363. The lowest BCUT2D eigenvalue weighted by molar-refractivity contribution is -0.117. The number of para-hydroxylation sites is 1. The average molecular weight is 338 g/mol. The second-order valence-electron chi connectivity index (χ2n) is 5.00. The number of thioether (sulfide) groups is 1. The fourth-order valence-corrected chi connectivity index (χ4v) is 2.92. The number of nitrogens with zero attached hydrogens (tertiary/aromatic N) is 1. The molecule has 2 aromatic rings. The van der Waals surface area contributed by atoms with Crippen molar-refractivity contribution in [2.24, 2.45) is 4.99 Å². The molecule has 0 saturated heterocycles. The fraction of sp³-hybridized carbons (Fsp3) is 0.0556. The second-order valence-corrected chi connectivity index (χ2v) is 6.03. The molecule has 3 rings (SSSR count). The molecule has 2 amide bonds. The minimum Gasteiger partial charge on any atom is -0.457 e. The van der Waals surface area contributed by atoms with Gasteiger partial charge in [-0.25, -0.2) is 0 Å². The van der Waals surface area contributed by atoms with Crippen LogP contribution < -0.4 is 10.1 Å². The van der Waals surface area contributed by atoms with Gasteiger partial charge < -0.3 is 10.1 Å². The Morgan fingerprint density at radius 1 is 1.12 bits per heavy atom. The molecular weight excluding hydrogens is 324 g/mol. The number of amidine groups is 1. The number of aliphatic imine (C=N–C) groups is 1. The number of benzene rings is 2. The highest BCUT2D eigenvalue weighted by Crippen LogP contribution is 2.29. The van der Waals surface area contributed by atoms with E-state index in [-0.39, 0.29) is 11.8 Å². The number of ether oxygens (including phenoxy) is 1. The van der Waals surface area contributed by atoms with Crippen LogP contribution in [0.3, 0.4) is 0 Å². The van der Waals surface area contributed by atoms with E-state index in [0.717, 1.165) is 23.1 Å². The molecule has 0 bridgehead atoms. The Labute approximate surface area is 143 Å². The quantitative estimate of drug-likeness (QED) is 0.869. The van der Waals surface area contributed by atoms with E-state index >= 15 is 0 Å². The number of carbonyl (C=O) groups excluding carboxylic acids is 2. The Morgan fingerprint density at radius 3 is 2.62 bits per heavy atom. The Balaban J connectivity index is 1.75. The minimum absolute atomic E-state index is 0.256. The summed E-state index contributed by atoms with van der Waals surface area (Å²) in [7, 11) is 0. The zero-order valence-corrected chi connectivity index (χ0v) is 13.7. The molecule has 2 aromatic carbocycles. The molecule has 0 aliphatic carbocycles. The highest BCUT2D eigenvalue weighted by Gasteiger charge is 2.22. The molecule has 0 radical (unpaired) electrons. The van der Waals surface area contributed by atoms with E-state index in [0.29, 0.717) is 15.8 Å². The highest BCUT2D eigenvalue weighted by atomic mass is 32.2. The maximum absolute atomic E-state index is 11.9. The van der Waals surface area contributed by atoms with Gasteiger partial charge >= 0.3 is 0 Å². The number of hydrogen-bond donors (Lipinski definition) is 1. The summed E-state index contributed by atoms with van der Waals surface area (Å²) < 4.78 is 5.78. The lowest BCUT2D eigenvalue weighted by atomic mass is 10.2. The number of nitrogens with one attached hydrogen (secondary N) is 1. The predicted molar refractivity (Wildman–Crippen MR) is 94.8 cm³/mol. The summed E-state index contributed by atoms with van der Waals surface area (Å²) in [5.74, 6) is 0.797. The van der Waals surface area contributed by atoms with Gasteiger partial charge in [-0.3, -0.25) is 9.59 Å². The molecule has 120 valence electrons. The van der Waals surface area contributed by atoms with Gasteiger partial charge in [-0.1, -0.05) is 30.3 Å². The van der Waals surface area contributed by atoms with Crippen LogP contribution in [0.5, 0.6) is 11.5 Å². The normalized spacial score (nSPS) is 15.3. The van der Waals surface area contributed by atoms with Crippen LogP contribution in [0, 0.1) is 0 Å². The van der Waals surface area contributed by atoms with Crippen molar-refractivity contribution in [3.63, 3.8) is 0 Å². The van der Waals surface area contributed by atoms with Crippen molar-refractivity contribution < 1.29 is 14.3 Å². The highest BCUT2D eigenvalue weighted by molar-refractivity contribution is 8.18. The Morgan fingerprint density at radius 2 is 1.88 bits per heavy atom. The summed E-state index contributed by atoms with van der Waals surface area (Å²) >= 11 is 1.14. The molecule has 1 aliphatic heterocycles. The third kappa shape index (κ3) is 4.11. The molecule has 0 aromatic heterocycles. The number of carbonyl (C=O) groups is 2. The van der Waals surface area contributed by atoms with E-state index in [2.05, 4.69) is 10.3 Å². The lowest BCUT2D eigenvalue weighted by Crippen LogP contribution is -2.23. The summed E-state index contributed by atoms with van der Waals surface area (Å²) in [4.78, 5) is 27.2. The monoisotopic (exact) mass is 338 g/mol. The molecule has 24 heavy (non-hydrogen) atoms. The van der Waals surface area contributed by atoms with Crippen molar-refractivity contribution in [3.05, 3.63) is 65.1 Å². The van der Waals surface area contributed by atoms with Crippen LogP contribution in [0.15, 0.2) is 64.5 Å². The largest absolute Gasteiger partial charge is 0.457 e. The van der Waals surface area contributed by atoms with Gasteiger partial charge in [-0.2, -0.15) is 4.99 Å². The first-order valence-electron chi connectivity index (χ1n) is 7.23. The standard InChI is InChI=1S/C18H14N2O3S/c1-12(21)19-18-20-17(22)16(24-18)11-13-6-5-9-15(10-13)23-14-7-3-2-4-8-14/h2-11H,1H3,(H,19,20,21,22)/b16-11-. The molecule has 1 aliphatic rings. The van der Waals surface area contributed by atoms with Crippen LogP contribution in [0.25, 0.3) is 6.08 Å². The molecule has 6 heteroatoms. The number of hydrogen-bond acceptors (Lipinski definition) is 4. The summed E-state index contributed by atoms with van der Waals surface area (Å²) in [6.45, 7) is 1.37. The second kappa shape index (κ2) is 7.14. The first kappa shape index (κ1) is 16.0. The van der Waals surface area contributed by atoms with E-state index in [4.69, 9.17) is 4.74 Å². The molecule has 1 heterocycles. The van der Waals surface area contributed by atoms with E-state index in [9.17, 15) is 9.59 Å². The van der Waals surface area contributed by atoms with Crippen LogP contribution in [0.1, 0.15) is 12.5 Å². The molecular formula is C18H14N2O3S. The SMILES string of the molecule is CC(=O)NC1=NC(=O)/C(=C/c2cccc(Oc3ccccc3)c2)S1. The van der Waals surface area contributed by atoms with Crippen LogP contribution in [0.4, 0.5) is 0 Å². The first-order valence-corrected chi connectivity index (χ1v) is 8.05. The van der Waals surface area contributed by atoms with Crippen molar-refractivity contribution in [1.82, 2.24) is 5.32 Å². The zero-order chi connectivity index (χ0) is 16.9. The average Bonchev–Trinajstić information content (AvgIpc) is 2.87. The van der Waals surface area contributed by atoms with E-state index in [1.54, 1.807) is 6.08 Å². The van der Waals surface area contributed by atoms with E-state index in [1.165, 1.54) is 6.92 Å². The maximum atomic E-state index is 11.9. The van der Waals surface area contributed by atoms with Crippen LogP contribution >= 0.6 is 11.8 Å². The van der Waals surface area contributed by atoms with Crippen molar-refractivity contribution in [2.45, 2.75) is 6.92 Å². The van der Waals surface area contributed by atoms with Crippen molar-refractivity contribution in [3.8, 4) is 11.5 Å². The number of amides is 2. The summed E-state index contributed by atoms with van der Waals surface area (Å²) in [6, 6.07) is 16.9. The van der Waals surface area contributed by atoms with Gasteiger partial charge in [0.2, 0.25) is 5.91 Å². The van der Waals surface area contributed by atoms with Gasteiger partial charge in [0.15, 0.2) is 5.17 Å².